The first-order chi connectivity index (χ1) is 12.7. The number of aromatic nitrogens is 1. The number of rotatable bonds is 7. The van der Waals surface area contributed by atoms with Crippen molar-refractivity contribution < 1.29 is 9.18 Å². The average Bonchev–Trinajstić information content (AvgIpc) is 2.66. The summed E-state index contributed by atoms with van der Waals surface area (Å²) in [6.07, 6.45) is 3.56. The zero-order chi connectivity index (χ0) is 18.2. The maximum absolute atomic E-state index is 13.2. The van der Waals surface area contributed by atoms with Gasteiger partial charge in [-0.25, -0.2) is 4.39 Å². The Kier molecular flexibility index (Phi) is 5.93. The molecule has 1 amide bonds. The van der Waals surface area contributed by atoms with Crippen LogP contribution < -0.4 is 10.6 Å². The Balaban J connectivity index is 1.53. The maximum Gasteiger partial charge on any atom is 0.274 e. The van der Waals surface area contributed by atoms with Crippen LogP contribution in [0.4, 0.5) is 15.8 Å². The number of pyridine rings is 1. The normalized spacial score (nSPS) is 10.3. The second kappa shape index (κ2) is 8.76. The predicted octanol–water partition coefficient (Wildman–Crippen LogP) is 4.52. The number of nitrogens with one attached hydrogen (secondary N) is 2. The van der Waals surface area contributed by atoms with Gasteiger partial charge in [0.2, 0.25) is 0 Å². The lowest BCUT2D eigenvalue weighted by Gasteiger charge is -2.09. The van der Waals surface area contributed by atoms with Crippen LogP contribution in [-0.2, 0) is 6.42 Å². The summed E-state index contributed by atoms with van der Waals surface area (Å²) in [6.45, 7) is 0.795. The van der Waals surface area contributed by atoms with Crippen molar-refractivity contribution in [2.24, 2.45) is 0 Å². The van der Waals surface area contributed by atoms with Gasteiger partial charge in [0.05, 0.1) is 0 Å². The van der Waals surface area contributed by atoms with Gasteiger partial charge in [-0.3, -0.25) is 9.78 Å². The van der Waals surface area contributed by atoms with E-state index in [-0.39, 0.29) is 11.6 Å². The molecule has 2 aromatic carbocycles. The first kappa shape index (κ1) is 17.6. The molecule has 5 heteroatoms. The zero-order valence-electron chi connectivity index (χ0n) is 14.3. The second-order valence-corrected chi connectivity index (χ2v) is 5.91. The number of carbonyl (C=O) groups is 1. The highest BCUT2D eigenvalue weighted by Gasteiger charge is 2.09. The molecular formula is C21H20FN3O. The van der Waals surface area contributed by atoms with Gasteiger partial charge in [-0.05, 0) is 48.7 Å². The van der Waals surface area contributed by atoms with E-state index in [1.807, 2.05) is 24.3 Å². The molecule has 1 aromatic heterocycles. The topological polar surface area (TPSA) is 54.0 Å². The minimum absolute atomic E-state index is 0.280. The van der Waals surface area contributed by atoms with Crippen LogP contribution in [0, 0.1) is 5.82 Å². The molecule has 1 heterocycles. The SMILES string of the molecule is O=C(Nc1cccc(F)c1)c1cc(NCCCc2ccccc2)ccn1. The van der Waals surface area contributed by atoms with E-state index in [1.165, 1.54) is 17.7 Å². The van der Waals surface area contributed by atoms with Crippen LogP contribution in [0.3, 0.4) is 0 Å². The van der Waals surface area contributed by atoms with Crippen molar-refractivity contribution in [1.29, 1.82) is 0 Å². The number of hydrogen-bond donors (Lipinski definition) is 2. The van der Waals surface area contributed by atoms with Crippen molar-refractivity contribution in [3.63, 3.8) is 0 Å². The van der Waals surface area contributed by atoms with Gasteiger partial charge in [-0.2, -0.15) is 0 Å². The number of halogens is 1. The largest absolute Gasteiger partial charge is 0.385 e. The molecule has 3 aromatic rings. The second-order valence-electron chi connectivity index (χ2n) is 5.91. The summed E-state index contributed by atoms with van der Waals surface area (Å²) in [7, 11) is 0. The Morgan fingerprint density at radius 1 is 0.962 bits per heavy atom. The zero-order valence-corrected chi connectivity index (χ0v) is 14.3. The van der Waals surface area contributed by atoms with Crippen molar-refractivity contribution in [2.45, 2.75) is 12.8 Å². The van der Waals surface area contributed by atoms with Crippen molar-refractivity contribution in [1.82, 2.24) is 4.98 Å². The van der Waals surface area contributed by atoms with Crippen LogP contribution in [0.2, 0.25) is 0 Å². The van der Waals surface area contributed by atoms with Crippen LogP contribution in [0.5, 0.6) is 0 Å². The van der Waals surface area contributed by atoms with E-state index in [4.69, 9.17) is 0 Å². The van der Waals surface area contributed by atoms with Gasteiger partial charge in [0.25, 0.3) is 5.91 Å². The first-order valence-corrected chi connectivity index (χ1v) is 8.51. The molecule has 0 fully saturated rings. The fourth-order valence-electron chi connectivity index (χ4n) is 2.60. The number of benzene rings is 2. The monoisotopic (exact) mass is 349 g/mol. The van der Waals surface area contributed by atoms with Crippen molar-refractivity contribution in [3.8, 4) is 0 Å². The fraction of sp³-hybridized carbons (Fsp3) is 0.143. The molecule has 0 saturated heterocycles. The van der Waals surface area contributed by atoms with Gasteiger partial charge in [-0.1, -0.05) is 36.4 Å². The van der Waals surface area contributed by atoms with Gasteiger partial charge in [0.1, 0.15) is 11.5 Å². The Morgan fingerprint density at radius 3 is 2.62 bits per heavy atom. The quantitative estimate of drug-likeness (QED) is 0.617. The van der Waals surface area contributed by atoms with Gasteiger partial charge in [0.15, 0.2) is 0 Å². The molecule has 0 spiro atoms. The summed E-state index contributed by atoms with van der Waals surface area (Å²) in [6, 6.07) is 19.6. The lowest BCUT2D eigenvalue weighted by atomic mass is 10.1. The highest BCUT2D eigenvalue weighted by molar-refractivity contribution is 6.03. The van der Waals surface area contributed by atoms with Crippen LogP contribution in [0.15, 0.2) is 72.9 Å². The third kappa shape index (κ3) is 5.14. The van der Waals surface area contributed by atoms with E-state index in [0.29, 0.717) is 5.69 Å². The molecule has 132 valence electrons. The Bertz CT molecular complexity index is 868. The van der Waals surface area contributed by atoms with Gasteiger partial charge < -0.3 is 10.6 Å². The number of amides is 1. The van der Waals surface area contributed by atoms with Crippen LogP contribution >= 0.6 is 0 Å². The molecule has 0 bridgehead atoms. The average molecular weight is 349 g/mol. The molecule has 0 unspecified atom stereocenters. The molecule has 4 nitrogen and oxygen atoms in total. The summed E-state index contributed by atoms with van der Waals surface area (Å²) < 4.78 is 13.2. The Labute approximate surface area is 152 Å². The molecule has 0 radical (unpaired) electrons. The minimum atomic E-state index is -0.399. The van der Waals surface area contributed by atoms with E-state index in [1.54, 1.807) is 24.4 Å². The van der Waals surface area contributed by atoms with Gasteiger partial charge in [0, 0.05) is 24.1 Å². The number of nitrogens with zero attached hydrogens (tertiary/aromatic N) is 1. The number of hydrogen-bond acceptors (Lipinski definition) is 3. The molecule has 0 aliphatic rings. The smallest absolute Gasteiger partial charge is 0.274 e. The molecule has 26 heavy (non-hydrogen) atoms. The highest BCUT2D eigenvalue weighted by atomic mass is 19.1. The van der Waals surface area contributed by atoms with Crippen LogP contribution in [0.1, 0.15) is 22.5 Å². The lowest BCUT2D eigenvalue weighted by molar-refractivity contribution is 0.102. The molecule has 2 N–H and O–H groups in total. The van der Waals surface area contributed by atoms with E-state index in [2.05, 4.69) is 27.8 Å². The molecule has 0 aliphatic heterocycles. The summed E-state index contributed by atoms with van der Waals surface area (Å²) in [5.74, 6) is -0.770. The fourth-order valence-corrected chi connectivity index (χ4v) is 2.60. The molecule has 0 saturated carbocycles. The summed E-state index contributed by atoms with van der Waals surface area (Å²) in [4.78, 5) is 16.4. The van der Waals surface area contributed by atoms with Crippen molar-refractivity contribution in [2.75, 3.05) is 17.2 Å². The number of carbonyl (C=O) groups excluding carboxylic acids is 1. The highest BCUT2D eigenvalue weighted by Crippen LogP contribution is 2.13. The van der Waals surface area contributed by atoms with Crippen LogP contribution in [-0.4, -0.2) is 17.4 Å². The predicted molar refractivity (Wildman–Crippen MR) is 102 cm³/mol. The lowest BCUT2D eigenvalue weighted by Crippen LogP contribution is -2.14. The first-order valence-electron chi connectivity index (χ1n) is 8.51. The van der Waals surface area contributed by atoms with Gasteiger partial charge >= 0.3 is 0 Å². The van der Waals surface area contributed by atoms with E-state index >= 15 is 0 Å². The molecule has 0 aliphatic carbocycles. The van der Waals surface area contributed by atoms with Crippen LogP contribution in [0.25, 0.3) is 0 Å². The van der Waals surface area contributed by atoms with E-state index in [9.17, 15) is 9.18 Å². The molecular weight excluding hydrogens is 329 g/mol. The summed E-state index contributed by atoms with van der Waals surface area (Å²) >= 11 is 0. The van der Waals surface area contributed by atoms with Gasteiger partial charge in [-0.15, -0.1) is 0 Å². The molecule has 3 rings (SSSR count). The minimum Gasteiger partial charge on any atom is -0.385 e. The summed E-state index contributed by atoms with van der Waals surface area (Å²) in [5.41, 5.74) is 2.82. The Morgan fingerprint density at radius 2 is 1.81 bits per heavy atom. The number of aryl methyl sites for hydroxylation is 1. The van der Waals surface area contributed by atoms with E-state index < -0.39 is 5.82 Å². The Hall–Kier alpha value is -3.21. The molecule has 0 atom stereocenters. The van der Waals surface area contributed by atoms with Crippen molar-refractivity contribution in [3.05, 3.63) is 90.0 Å². The third-order valence-corrected chi connectivity index (χ3v) is 3.89. The summed E-state index contributed by atoms with van der Waals surface area (Å²) in [5, 5.41) is 5.95. The number of anilines is 2. The standard InChI is InChI=1S/C21H20FN3O/c22-17-9-4-10-19(14-17)25-21(26)20-15-18(11-13-24-20)23-12-5-8-16-6-2-1-3-7-16/h1-4,6-7,9-11,13-15H,5,8,12H2,(H,23,24)(H,25,26). The maximum atomic E-state index is 13.2. The third-order valence-electron chi connectivity index (χ3n) is 3.89. The van der Waals surface area contributed by atoms with E-state index in [0.717, 1.165) is 25.1 Å². The van der Waals surface area contributed by atoms with Crippen molar-refractivity contribution >= 4 is 17.3 Å².